The number of nitrogens with two attached hydrogens (primary N) is 3. The predicted octanol–water partition coefficient (Wildman–Crippen LogP) is -0.0757. The first-order chi connectivity index (χ1) is 65.3. The Kier molecular flexibility index (Phi) is 40.4. The number of unbranched alkanes of at least 4 members (excludes halogenated alkanes) is 2. The Morgan fingerprint density at radius 2 is 1.15 bits per heavy atom. The molecular weight excluding hydrogens is 1790 g/mol. The number of nitrogens with one attached hydrogen (secondary N) is 12. The molecule has 1 unspecified atom stereocenters. The largest absolute Gasteiger partial charge is 0.508 e. The van der Waals surface area contributed by atoms with E-state index < -0.39 is 247 Å². The standard InChI is InChI=1S/C95H131N21O20S/c1-9-11-26-74-88(130)106-67(25-18-34-101-95(98)99)86(128)111-73(85(127)104-48-81(97)123)51-137-52-82(124)105-70(37-55-29-31-61(118)32-30-55)91(133)112(6)54(5)83(125)108-71(44-80(96)122)92(134)115-35-19-28-75(115)89(131)107-68(38-56-20-17-33-100-45-56)87(129)109-69(36-53(3)4)93(135)116-49-62(119)43-77(116)79(121)41-57(39-59-46-102-65-23-15-13-21-63(59)65)84(126)110-72(50-117)78(120)42-58(40-60-47-103-66-24-16-14-22-64(60)66)90(132)114(8)76(27-12-10-2)94(136)113(74)7/h13-17,20-24,29-33,45-47,53-54,57-58,62,67-77,102-103,117-119H,9-12,18-19,25-28,34-44,48-52H2,1-8H3,(H2,96,122)(H2,97,123)(H,104,127)(H,105,124)(H,106,130)(H,107,131)(H,108,125)(H,109,129)(H,110,126)(H,111,128)(H4,98,99,101)/t54-,57?,58+,62+,67-,68-,69-,70-,71-,72-,73-,74-,75-,76-,77-/m0/s1. The number of rotatable bonds is 26. The number of aromatic amines is 2. The summed E-state index contributed by atoms with van der Waals surface area (Å²) in [7, 11) is 3.98. The van der Waals surface area contributed by atoms with Crippen LogP contribution in [-0.2, 0) is 107 Å². The van der Waals surface area contributed by atoms with Crippen molar-refractivity contribution >= 4 is 140 Å². The van der Waals surface area contributed by atoms with Crippen molar-refractivity contribution in [1.82, 2.24) is 87.3 Å². The molecule has 0 saturated carbocycles. The second-order valence-corrected chi connectivity index (χ2v) is 36.9. The maximum Gasteiger partial charge on any atom is 0.246 e. The fourth-order valence-electron chi connectivity index (χ4n) is 17.5. The number of guanidine groups is 1. The number of hydrogen-bond donors (Lipinski definition) is 18. The fraction of sp³-hybridized carbons (Fsp3) is 0.526. The molecule has 6 heterocycles. The van der Waals surface area contributed by atoms with Crippen molar-refractivity contribution in [2.24, 2.45) is 35.0 Å². The number of carbonyl (C=O) groups excluding carboxylic acids is 17. The van der Waals surface area contributed by atoms with Crippen LogP contribution in [0.3, 0.4) is 0 Å². The minimum Gasteiger partial charge on any atom is -0.508 e. The molecule has 0 bridgehead atoms. The van der Waals surface area contributed by atoms with Gasteiger partial charge >= 0.3 is 0 Å². The van der Waals surface area contributed by atoms with Crippen molar-refractivity contribution in [2.75, 3.05) is 65.4 Å². The number of para-hydroxylation sites is 2. The molecule has 42 heteroatoms. The van der Waals surface area contributed by atoms with Crippen molar-refractivity contribution in [3.8, 4) is 5.75 Å². The molecule has 15 atom stereocenters. The SMILES string of the molecule is CCCC[C@H]1C(=O)N(C)[C@@H](CCCC)C(=O)N[C@@H](CCCNC(=N)N)C(=O)N[C@H](C(=O)NCC(N)=O)CSCC(=O)N[C@@H](Cc2ccc(O)cc2)C(=O)N(C)[C@@H](C)C(=O)N[C@@H](CC(N)=O)C(=O)N2CCC[C@H]2C(=O)N[C@@H](Cc2cccnc2)C(=O)N[C@@H](CC(C)C)C(=O)N2C[C@H](O)C[C@H]2C(=O)CC(Cc2c[nH]c3ccccc23)C(=O)N[C@@H](CO)C(=O)C[C@@H](Cc2c[nH]c3ccccc23)C(=O)N1C. The minimum absolute atomic E-state index is 0.00526. The molecule has 3 aromatic carbocycles. The number of pyridine rings is 1. The van der Waals surface area contributed by atoms with Gasteiger partial charge in [0.1, 0.15) is 72.2 Å². The summed E-state index contributed by atoms with van der Waals surface area (Å²) in [6.07, 6.45) is 3.30. The van der Waals surface area contributed by atoms with Gasteiger partial charge in [0.15, 0.2) is 17.5 Å². The van der Waals surface area contributed by atoms with Crippen molar-refractivity contribution in [3.63, 3.8) is 0 Å². The number of likely N-dealkylation sites (N-methyl/N-ethyl adjacent to an activating group) is 3. The summed E-state index contributed by atoms with van der Waals surface area (Å²) < 4.78 is 0. The van der Waals surface area contributed by atoms with Crippen LogP contribution in [0.25, 0.3) is 21.8 Å². The van der Waals surface area contributed by atoms with E-state index in [0.717, 1.165) is 26.5 Å². The highest BCUT2D eigenvalue weighted by molar-refractivity contribution is 8.00. The predicted molar refractivity (Wildman–Crippen MR) is 508 cm³/mol. The molecule has 9 rings (SSSR count). The molecule has 3 fully saturated rings. The van der Waals surface area contributed by atoms with Gasteiger partial charge in [0.2, 0.25) is 88.6 Å². The number of aromatic hydroxyl groups is 1. The highest BCUT2D eigenvalue weighted by atomic mass is 32.2. The van der Waals surface area contributed by atoms with E-state index in [1.54, 1.807) is 80.8 Å². The maximum absolute atomic E-state index is 15.8. The van der Waals surface area contributed by atoms with Gasteiger partial charge < -0.3 is 115 Å². The number of aliphatic hydroxyl groups is 2. The number of primary amides is 2. The first-order valence-corrected chi connectivity index (χ1v) is 47.6. The van der Waals surface area contributed by atoms with Crippen LogP contribution in [0.15, 0.2) is 110 Å². The zero-order valence-electron chi connectivity index (χ0n) is 78.6. The van der Waals surface area contributed by atoms with Crippen LogP contribution in [-0.4, -0.2) is 305 Å². The lowest BCUT2D eigenvalue weighted by molar-refractivity contribution is -0.150. The highest BCUT2D eigenvalue weighted by Gasteiger charge is 2.47. The van der Waals surface area contributed by atoms with Crippen LogP contribution in [0.5, 0.6) is 5.75 Å². The number of amides is 15. The third-order valence-corrected chi connectivity index (χ3v) is 26.1. The van der Waals surface area contributed by atoms with E-state index in [9.17, 15) is 58.5 Å². The maximum atomic E-state index is 15.8. The first-order valence-electron chi connectivity index (χ1n) is 46.4. The second-order valence-electron chi connectivity index (χ2n) is 35.9. The van der Waals surface area contributed by atoms with Crippen LogP contribution in [0.2, 0.25) is 0 Å². The Balaban J connectivity index is 1.11. The van der Waals surface area contributed by atoms with Gasteiger partial charge in [-0.05, 0) is 123 Å². The number of aliphatic hydroxyl groups excluding tert-OH is 2. The third-order valence-electron chi connectivity index (χ3n) is 25.1. The van der Waals surface area contributed by atoms with Crippen LogP contribution < -0.4 is 65.1 Å². The van der Waals surface area contributed by atoms with E-state index in [1.807, 2.05) is 19.9 Å². The molecule has 0 aliphatic carbocycles. The van der Waals surface area contributed by atoms with Gasteiger partial charge in [0.25, 0.3) is 0 Å². The Morgan fingerprint density at radius 3 is 1.76 bits per heavy atom. The summed E-state index contributed by atoms with van der Waals surface area (Å²) in [5.74, 6) is -19.7. The summed E-state index contributed by atoms with van der Waals surface area (Å²) in [5, 5.41) is 66.2. The first kappa shape index (κ1) is 107. The summed E-state index contributed by atoms with van der Waals surface area (Å²) in [6, 6.07) is 4.90. The van der Waals surface area contributed by atoms with Gasteiger partial charge in [-0.3, -0.25) is 91.9 Å². The number of benzene rings is 3. The van der Waals surface area contributed by atoms with Crippen LogP contribution in [0, 0.1) is 23.2 Å². The lowest BCUT2D eigenvalue weighted by Crippen LogP contribution is -2.60. The van der Waals surface area contributed by atoms with Gasteiger partial charge in [-0.15, -0.1) is 11.8 Å². The van der Waals surface area contributed by atoms with Gasteiger partial charge in [-0.1, -0.05) is 108 Å². The zero-order valence-corrected chi connectivity index (χ0v) is 79.4. The Labute approximate surface area is 798 Å². The molecule has 3 aliphatic rings. The summed E-state index contributed by atoms with van der Waals surface area (Å²) in [5.41, 5.74) is 20.1. The molecule has 3 saturated heterocycles. The average molecular weight is 1920 g/mol. The van der Waals surface area contributed by atoms with E-state index in [4.69, 9.17) is 22.6 Å². The molecule has 3 aromatic heterocycles. The lowest BCUT2D eigenvalue weighted by Gasteiger charge is -2.36. The normalized spacial score (nSPS) is 24.7. The van der Waals surface area contributed by atoms with E-state index in [0.29, 0.717) is 69.7 Å². The fourth-order valence-corrected chi connectivity index (χ4v) is 18.3. The third kappa shape index (κ3) is 30.3. The lowest BCUT2D eigenvalue weighted by atomic mass is 9.88. The molecule has 0 spiro atoms. The molecule has 742 valence electrons. The van der Waals surface area contributed by atoms with Gasteiger partial charge in [-0.2, -0.15) is 0 Å². The molecule has 15 amide bonds. The van der Waals surface area contributed by atoms with Crippen LogP contribution in [0.4, 0.5) is 0 Å². The number of nitrogens with zero attached hydrogens (tertiary/aromatic N) is 6. The Morgan fingerprint density at radius 1 is 0.562 bits per heavy atom. The number of fused-ring (bicyclic) bond motifs is 4. The number of carbonyl (C=O) groups is 17. The summed E-state index contributed by atoms with van der Waals surface area (Å²) in [6.45, 7) is 6.24. The number of aromatic nitrogens is 3. The number of thioether (sulfide) groups is 1. The van der Waals surface area contributed by atoms with Crippen molar-refractivity contribution in [1.29, 1.82) is 5.41 Å². The van der Waals surface area contributed by atoms with E-state index in [-0.39, 0.29) is 102 Å². The molecule has 3 aliphatic heterocycles. The molecular formula is C95H131N21O20S. The van der Waals surface area contributed by atoms with Crippen molar-refractivity contribution in [2.45, 2.75) is 235 Å². The topological polar surface area (TPSA) is 622 Å². The summed E-state index contributed by atoms with van der Waals surface area (Å²) in [4.78, 5) is 268. The smallest absolute Gasteiger partial charge is 0.246 e. The minimum atomic E-state index is -1.78. The number of ketones is 2. The quantitative estimate of drug-likeness (QED) is 0.0192. The molecule has 41 nitrogen and oxygen atoms in total. The van der Waals surface area contributed by atoms with Crippen LogP contribution in [0.1, 0.15) is 153 Å². The average Bonchev–Trinajstić information content (AvgIpc) is 1.67. The number of hydrogen-bond acceptors (Lipinski definition) is 23. The number of H-pyrrole nitrogens is 2. The number of Topliss-reactive ketones (excluding diaryl/α,β-unsaturated/α-hetero) is 2. The highest BCUT2D eigenvalue weighted by Crippen LogP contribution is 2.32. The number of phenolic OH excluding ortho intramolecular Hbond substituents is 1. The second kappa shape index (κ2) is 51.5. The zero-order chi connectivity index (χ0) is 100. The van der Waals surface area contributed by atoms with Gasteiger partial charge in [0, 0.05) is 137 Å². The van der Waals surface area contributed by atoms with Gasteiger partial charge in [0.05, 0.1) is 37.5 Å². The number of phenols is 1. The van der Waals surface area contributed by atoms with E-state index in [2.05, 4.69) is 62.8 Å². The monoisotopic (exact) mass is 1920 g/mol. The molecule has 6 aromatic rings. The molecule has 137 heavy (non-hydrogen) atoms. The van der Waals surface area contributed by atoms with Gasteiger partial charge in [-0.25, -0.2) is 0 Å². The molecule has 21 N–H and O–H groups in total. The summed E-state index contributed by atoms with van der Waals surface area (Å²) >= 11 is 0.767. The van der Waals surface area contributed by atoms with E-state index >= 15 is 38.4 Å². The van der Waals surface area contributed by atoms with E-state index in [1.165, 1.54) is 74.5 Å². The Hall–Kier alpha value is -13.4. The van der Waals surface area contributed by atoms with Crippen LogP contribution >= 0.6 is 11.8 Å². The molecule has 0 radical (unpaired) electrons. The van der Waals surface area contributed by atoms with Crippen molar-refractivity contribution < 1.29 is 96.8 Å². The van der Waals surface area contributed by atoms with Crippen molar-refractivity contribution in [3.05, 3.63) is 132 Å². The Bertz CT molecular complexity index is 5290.